The van der Waals surface area contributed by atoms with Gasteiger partial charge >= 0.3 is 5.97 Å². The van der Waals surface area contributed by atoms with E-state index in [1.54, 1.807) is 11.3 Å². The van der Waals surface area contributed by atoms with Gasteiger partial charge < -0.3 is 4.74 Å². The lowest BCUT2D eigenvalue weighted by Crippen LogP contribution is -2.09. The van der Waals surface area contributed by atoms with Gasteiger partial charge in [0.15, 0.2) is 5.69 Å². The number of aromatic nitrogens is 2. The minimum absolute atomic E-state index is 0.346. The maximum Gasteiger partial charge on any atom is 0.357 e. The summed E-state index contributed by atoms with van der Waals surface area (Å²) in [7, 11) is 0. The fraction of sp³-hybridized carbons (Fsp3) is 0.562. The van der Waals surface area contributed by atoms with E-state index in [2.05, 4.69) is 16.0 Å². The van der Waals surface area contributed by atoms with Gasteiger partial charge in [0.05, 0.1) is 6.61 Å². The van der Waals surface area contributed by atoms with Crippen LogP contribution in [0.4, 0.5) is 0 Å². The van der Waals surface area contributed by atoms with Crippen molar-refractivity contribution in [2.75, 3.05) is 6.61 Å². The summed E-state index contributed by atoms with van der Waals surface area (Å²) in [5.74, 6) is 0.900. The minimum Gasteiger partial charge on any atom is -0.461 e. The zero-order valence-electron chi connectivity index (χ0n) is 12.5. The molecule has 5 heteroatoms. The molecule has 1 fully saturated rings. The molecule has 1 saturated carbocycles. The number of ether oxygens (including phenoxy) is 1. The third-order valence-corrected chi connectivity index (χ3v) is 5.19. The van der Waals surface area contributed by atoms with Crippen LogP contribution in [0.15, 0.2) is 6.07 Å². The Morgan fingerprint density at radius 3 is 2.81 bits per heavy atom. The molecule has 21 heavy (non-hydrogen) atoms. The monoisotopic (exact) mass is 304 g/mol. The predicted octanol–water partition coefficient (Wildman–Crippen LogP) is 4.22. The highest BCUT2D eigenvalue weighted by molar-refractivity contribution is 7.18. The Morgan fingerprint density at radius 1 is 1.33 bits per heavy atom. The van der Waals surface area contributed by atoms with Crippen LogP contribution in [0, 0.1) is 6.92 Å². The number of hydrogen-bond donors (Lipinski definition) is 0. The molecule has 1 aliphatic carbocycles. The minimum atomic E-state index is -0.346. The molecule has 0 bridgehead atoms. The number of thiophene rings is 1. The van der Waals surface area contributed by atoms with E-state index in [0.29, 0.717) is 24.0 Å². The van der Waals surface area contributed by atoms with Gasteiger partial charge in [-0.15, -0.1) is 11.3 Å². The quantitative estimate of drug-likeness (QED) is 0.796. The standard InChI is InChI=1S/C16H20N2O2S/c1-3-20-16(19)14-12-9-13(11-7-5-4-6-8-11)21-15(12)18-10(2)17-14/h9,11H,3-8H2,1-2H3. The molecule has 0 aliphatic heterocycles. The van der Waals surface area contributed by atoms with E-state index in [4.69, 9.17) is 4.74 Å². The number of hydrogen-bond acceptors (Lipinski definition) is 5. The molecular weight excluding hydrogens is 284 g/mol. The Kier molecular flexibility index (Phi) is 4.19. The van der Waals surface area contributed by atoms with Crippen LogP contribution in [0.2, 0.25) is 0 Å². The van der Waals surface area contributed by atoms with E-state index >= 15 is 0 Å². The number of carbonyl (C=O) groups is 1. The van der Waals surface area contributed by atoms with Crippen LogP contribution in [0.25, 0.3) is 10.2 Å². The van der Waals surface area contributed by atoms with Crippen molar-refractivity contribution in [3.63, 3.8) is 0 Å². The molecule has 0 radical (unpaired) electrons. The summed E-state index contributed by atoms with van der Waals surface area (Å²) in [6.45, 7) is 4.00. The van der Waals surface area contributed by atoms with E-state index in [1.165, 1.54) is 37.0 Å². The van der Waals surface area contributed by atoms with Gasteiger partial charge in [0.1, 0.15) is 10.7 Å². The van der Waals surface area contributed by atoms with Crippen LogP contribution < -0.4 is 0 Å². The fourth-order valence-corrected chi connectivity index (χ4v) is 4.24. The van der Waals surface area contributed by atoms with Crippen molar-refractivity contribution >= 4 is 27.5 Å². The smallest absolute Gasteiger partial charge is 0.357 e. The molecule has 112 valence electrons. The van der Waals surface area contributed by atoms with Gasteiger partial charge in [0.2, 0.25) is 0 Å². The average molecular weight is 304 g/mol. The van der Waals surface area contributed by atoms with Gasteiger partial charge in [-0.25, -0.2) is 14.8 Å². The second-order valence-electron chi connectivity index (χ2n) is 5.54. The third kappa shape index (κ3) is 2.93. The summed E-state index contributed by atoms with van der Waals surface area (Å²) in [5, 5.41) is 0.852. The fourth-order valence-electron chi connectivity index (χ4n) is 2.99. The Morgan fingerprint density at radius 2 is 2.10 bits per heavy atom. The highest BCUT2D eigenvalue weighted by atomic mass is 32.1. The van der Waals surface area contributed by atoms with Crippen molar-refractivity contribution in [2.45, 2.75) is 51.9 Å². The summed E-state index contributed by atoms with van der Waals surface area (Å²) in [5.41, 5.74) is 0.414. The van der Waals surface area contributed by atoms with Crippen LogP contribution >= 0.6 is 11.3 Å². The van der Waals surface area contributed by atoms with Crippen molar-refractivity contribution in [3.8, 4) is 0 Å². The van der Waals surface area contributed by atoms with Gasteiger partial charge in [-0.2, -0.15) is 0 Å². The van der Waals surface area contributed by atoms with E-state index in [1.807, 2.05) is 13.8 Å². The molecule has 0 N–H and O–H groups in total. The van der Waals surface area contributed by atoms with Crippen molar-refractivity contribution in [2.24, 2.45) is 0 Å². The Bertz CT molecular complexity index is 660. The molecule has 1 aliphatic rings. The lowest BCUT2D eigenvalue weighted by Gasteiger charge is -2.19. The molecule has 0 amide bonds. The first-order valence-electron chi connectivity index (χ1n) is 7.64. The van der Waals surface area contributed by atoms with Gasteiger partial charge in [-0.3, -0.25) is 0 Å². The molecule has 2 heterocycles. The largest absolute Gasteiger partial charge is 0.461 e. The van der Waals surface area contributed by atoms with Crippen LogP contribution in [0.3, 0.4) is 0 Å². The van der Waals surface area contributed by atoms with Crippen molar-refractivity contribution in [1.82, 2.24) is 9.97 Å². The molecule has 4 nitrogen and oxygen atoms in total. The van der Waals surface area contributed by atoms with E-state index in [0.717, 1.165) is 10.2 Å². The number of esters is 1. The first-order valence-corrected chi connectivity index (χ1v) is 8.46. The van der Waals surface area contributed by atoms with Gasteiger partial charge in [0, 0.05) is 10.3 Å². The molecule has 0 atom stereocenters. The second kappa shape index (κ2) is 6.10. The number of aryl methyl sites for hydroxylation is 1. The van der Waals surface area contributed by atoms with Gasteiger partial charge in [-0.05, 0) is 38.7 Å². The van der Waals surface area contributed by atoms with E-state index in [-0.39, 0.29) is 5.97 Å². The number of nitrogens with zero attached hydrogens (tertiary/aromatic N) is 2. The summed E-state index contributed by atoms with van der Waals surface area (Å²) < 4.78 is 5.12. The Hall–Kier alpha value is -1.49. The maximum absolute atomic E-state index is 12.1. The first-order chi connectivity index (χ1) is 10.2. The van der Waals surface area contributed by atoms with Gasteiger partial charge in [0.25, 0.3) is 0 Å². The van der Waals surface area contributed by atoms with Crippen LogP contribution in [0.5, 0.6) is 0 Å². The Labute approximate surface area is 128 Å². The van der Waals surface area contributed by atoms with Crippen LogP contribution in [0.1, 0.15) is 66.1 Å². The lowest BCUT2D eigenvalue weighted by atomic mass is 9.88. The number of rotatable bonds is 3. The third-order valence-electron chi connectivity index (χ3n) is 4.00. The molecule has 2 aromatic rings. The SMILES string of the molecule is CCOC(=O)c1nc(C)nc2sc(C3CCCCC3)cc12. The maximum atomic E-state index is 12.1. The highest BCUT2D eigenvalue weighted by Gasteiger charge is 2.22. The average Bonchev–Trinajstić information content (AvgIpc) is 2.91. The summed E-state index contributed by atoms with van der Waals surface area (Å²) in [4.78, 5) is 23.1. The topological polar surface area (TPSA) is 52.1 Å². The summed E-state index contributed by atoms with van der Waals surface area (Å²) in [6, 6.07) is 2.11. The molecule has 0 saturated heterocycles. The van der Waals surface area contributed by atoms with Crippen molar-refractivity contribution in [1.29, 1.82) is 0 Å². The summed E-state index contributed by atoms with van der Waals surface area (Å²) in [6.07, 6.45) is 6.43. The van der Waals surface area contributed by atoms with E-state index < -0.39 is 0 Å². The molecular formula is C16H20N2O2S. The molecule has 0 spiro atoms. The predicted molar refractivity (Wildman–Crippen MR) is 83.9 cm³/mol. The normalized spacial score (nSPS) is 16.3. The zero-order chi connectivity index (χ0) is 14.8. The van der Waals surface area contributed by atoms with E-state index in [9.17, 15) is 4.79 Å². The first kappa shape index (κ1) is 14.4. The van der Waals surface area contributed by atoms with Crippen LogP contribution in [-0.4, -0.2) is 22.5 Å². The second-order valence-corrected chi connectivity index (χ2v) is 6.60. The zero-order valence-corrected chi connectivity index (χ0v) is 13.3. The highest BCUT2D eigenvalue weighted by Crippen LogP contribution is 2.39. The van der Waals surface area contributed by atoms with Crippen LogP contribution in [-0.2, 0) is 4.74 Å². The van der Waals surface area contributed by atoms with Crippen molar-refractivity contribution < 1.29 is 9.53 Å². The molecule has 0 aromatic carbocycles. The number of fused-ring (bicyclic) bond motifs is 1. The summed E-state index contributed by atoms with van der Waals surface area (Å²) >= 11 is 1.71. The Balaban J connectivity index is 2.03. The lowest BCUT2D eigenvalue weighted by molar-refractivity contribution is 0.0521. The molecule has 2 aromatic heterocycles. The van der Waals surface area contributed by atoms with Crippen molar-refractivity contribution in [3.05, 3.63) is 22.5 Å². The number of carbonyl (C=O) groups excluding carboxylic acids is 1. The van der Waals surface area contributed by atoms with Gasteiger partial charge in [-0.1, -0.05) is 19.3 Å². The molecule has 3 rings (SSSR count). The molecule has 0 unspecified atom stereocenters.